The average molecular weight is 125 g/mol. The first-order valence-electron chi connectivity index (χ1n) is 2.52. The number of hydrogen-bond donors (Lipinski definition) is 2. The molecule has 0 aliphatic rings. The maximum atomic E-state index is 5.36. The molecule has 50 valence electrons. The van der Waals surface area contributed by atoms with Crippen LogP contribution in [0.15, 0.2) is 28.7 Å². The third-order valence-corrected chi connectivity index (χ3v) is 0.635. The minimum atomic E-state index is 0.519. The highest BCUT2D eigenvalue weighted by Gasteiger charge is 1.79. The van der Waals surface area contributed by atoms with Crippen molar-refractivity contribution in [2.45, 2.75) is 6.92 Å². The summed E-state index contributed by atoms with van der Waals surface area (Å²) in [6, 6.07) is 0. The molecule has 0 saturated carbocycles. The summed E-state index contributed by atoms with van der Waals surface area (Å²) < 4.78 is 0. The fourth-order valence-electron chi connectivity index (χ4n) is 0.406. The number of nitrogens with two attached hydrogens (primary N) is 2. The van der Waals surface area contributed by atoms with Crippen LogP contribution in [0.2, 0.25) is 0 Å². The number of aliphatic imine (C=N–C) groups is 1. The van der Waals surface area contributed by atoms with Gasteiger partial charge in [0.1, 0.15) is 0 Å². The lowest BCUT2D eigenvalue weighted by molar-refractivity contribution is 1.26. The molecule has 0 bridgehead atoms. The highest BCUT2D eigenvalue weighted by atomic mass is 14.7. The summed E-state index contributed by atoms with van der Waals surface area (Å²) in [5.74, 6) is 0. The fraction of sp³-hybridized carbons (Fsp3) is 0.167. The van der Waals surface area contributed by atoms with Gasteiger partial charge in [-0.25, -0.2) is 0 Å². The quantitative estimate of drug-likeness (QED) is 0.413. The second-order valence-electron chi connectivity index (χ2n) is 1.70. The molecule has 0 spiro atoms. The van der Waals surface area contributed by atoms with Gasteiger partial charge < -0.3 is 11.5 Å². The van der Waals surface area contributed by atoms with Gasteiger partial charge in [-0.05, 0) is 19.7 Å². The third-order valence-electron chi connectivity index (χ3n) is 0.635. The van der Waals surface area contributed by atoms with E-state index in [0.717, 1.165) is 0 Å². The Labute approximate surface area is 54.8 Å². The van der Waals surface area contributed by atoms with Gasteiger partial charge in [0.05, 0.1) is 5.70 Å². The molecule has 3 nitrogen and oxygen atoms in total. The average Bonchev–Trinajstić information content (AvgIpc) is 1.63. The molecule has 0 atom stereocenters. The first kappa shape index (κ1) is 7.75. The van der Waals surface area contributed by atoms with Gasteiger partial charge in [-0.1, -0.05) is 0 Å². The fourth-order valence-corrected chi connectivity index (χ4v) is 0.406. The Bertz CT molecular complexity index is 152. The number of rotatable bonds is 2. The molecular weight excluding hydrogens is 114 g/mol. The number of hydrogen-bond acceptors (Lipinski definition) is 3. The zero-order chi connectivity index (χ0) is 7.28. The summed E-state index contributed by atoms with van der Waals surface area (Å²) in [6.45, 7) is 4.99. The van der Waals surface area contributed by atoms with Crippen molar-refractivity contribution in [2.24, 2.45) is 16.5 Å². The largest absolute Gasteiger partial charge is 0.402 e. The summed E-state index contributed by atoms with van der Waals surface area (Å²) in [6.07, 6.45) is 3.06. The lowest BCUT2D eigenvalue weighted by atomic mass is 10.4. The van der Waals surface area contributed by atoms with E-state index >= 15 is 0 Å². The Kier molecular flexibility index (Phi) is 3.20. The zero-order valence-corrected chi connectivity index (χ0v) is 5.46. The van der Waals surface area contributed by atoms with Crippen LogP contribution in [-0.2, 0) is 0 Å². The summed E-state index contributed by atoms with van der Waals surface area (Å²) >= 11 is 0. The van der Waals surface area contributed by atoms with Crippen LogP contribution >= 0.6 is 0 Å². The standard InChI is InChI=1S/C6H11N3/c1-5(7)3-6(8)4-9-2/h3-4H,2,7-8H2,1H3/b5-3+,6-4+. The highest BCUT2D eigenvalue weighted by Crippen LogP contribution is 1.89. The molecule has 0 heterocycles. The molecule has 0 saturated heterocycles. The van der Waals surface area contributed by atoms with Gasteiger partial charge in [-0.3, -0.25) is 4.99 Å². The number of allylic oxidation sites excluding steroid dienone is 2. The first-order chi connectivity index (χ1) is 4.16. The summed E-state index contributed by atoms with van der Waals surface area (Å²) in [5, 5.41) is 0. The van der Waals surface area contributed by atoms with E-state index in [0.29, 0.717) is 11.4 Å². The second kappa shape index (κ2) is 3.72. The van der Waals surface area contributed by atoms with E-state index in [-0.39, 0.29) is 0 Å². The molecule has 0 aliphatic carbocycles. The van der Waals surface area contributed by atoms with Crippen LogP contribution in [0.1, 0.15) is 6.92 Å². The van der Waals surface area contributed by atoms with Crippen LogP contribution < -0.4 is 11.5 Å². The van der Waals surface area contributed by atoms with Gasteiger partial charge in [-0.15, -0.1) is 0 Å². The van der Waals surface area contributed by atoms with E-state index in [1.807, 2.05) is 0 Å². The normalized spacial score (nSPS) is 13.4. The monoisotopic (exact) mass is 125 g/mol. The van der Waals surface area contributed by atoms with Crippen molar-refractivity contribution in [2.75, 3.05) is 0 Å². The predicted octanol–water partition coefficient (Wildman–Crippen LogP) is 0.350. The van der Waals surface area contributed by atoms with Crippen LogP contribution in [-0.4, -0.2) is 6.72 Å². The van der Waals surface area contributed by atoms with E-state index in [2.05, 4.69) is 11.7 Å². The van der Waals surface area contributed by atoms with Crippen molar-refractivity contribution in [3.05, 3.63) is 23.7 Å². The summed E-state index contributed by atoms with van der Waals surface area (Å²) in [7, 11) is 0. The van der Waals surface area contributed by atoms with Crippen LogP contribution in [0.4, 0.5) is 0 Å². The van der Waals surface area contributed by atoms with Crippen molar-refractivity contribution >= 4 is 6.72 Å². The van der Waals surface area contributed by atoms with Crippen LogP contribution in [0.25, 0.3) is 0 Å². The molecule has 0 rings (SSSR count). The van der Waals surface area contributed by atoms with Crippen molar-refractivity contribution in [1.29, 1.82) is 0 Å². The Morgan fingerprint density at radius 2 is 2.11 bits per heavy atom. The molecule has 0 unspecified atom stereocenters. The van der Waals surface area contributed by atoms with Crippen molar-refractivity contribution in [3.63, 3.8) is 0 Å². The van der Waals surface area contributed by atoms with E-state index in [1.165, 1.54) is 6.20 Å². The smallest absolute Gasteiger partial charge is 0.0516 e. The Balaban J connectivity index is 4.05. The van der Waals surface area contributed by atoms with E-state index < -0.39 is 0 Å². The molecule has 0 aromatic rings. The van der Waals surface area contributed by atoms with Gasteiger partial charge in [0.15, 0.2) is 0 Å². The van der Waals surface area contributed by atoms with Crippen molar-refractivity contribution in [3.8, 4) is 0 Å². The Morgan fingerprint density at radius 1 is 1.56 bits per heavy atom. The number of nitrogens with zero attached hydrogens (tertiary/aromatic N) is 1. The van der Waals surface area contributed by atoms with Gasteiger partial charge in [0.25, 0.3) is 0 Å². The Morgan fingerprint density at radius 3 is 2.44 bits per heavy atom. The molecule has 0 radical (unpaired) electrons. The lowest BCUT2D eigenvalue weighted by Crippen LogP contribution is -1.97. The Hall–Kier alpha value is -1.25. The van der Waals surface area contributed by atoms with E-state index in [9.17, 15) is 0 Å². The van der Waals surface area contributed by atoms with E-state index in [4.69, 9.17) is 11.5 Å². The minimum Gasteiger partial charge on any atom is -0.402 e. The van der Waals surface area contributed by atoms with Gasteiger partial charge in [-0.2, -0.15) is 0 Å². The maximum absolute atomic E-state index is 5.36. The topological polar surface area (TPSA) is 64.4 Å². The minimum absolute atomic E-state index is 0.519. The molecular formula is C6H11N3. The molecule has 0 aromatic heterocycles. The third kappa shape index (κ3) is 4.61. The zero-order valence-electron chi connectivity index (χ0n) is 5.46. The second-order valence-corrected chi connectivity index (χ2v) is 1.70. The highest BCUT2D eigenvalue weighted by molar-refractivity contribution is 5.28. The summed E-state index contributed by atoms with van der Waals surface area (Å²) in [5.41, 5.74) is 11.8. The molecule has 0 aliphatic heterocycles. The van der Waals surface area contributed by atoms with Crippen LogP contribution in [0, 0.1) is 0 Å². The predicted molar refractivity (Wildman–Crippen MR) is 39.8 cm³/mol. The maximum Gasteiger partial charge on any atom is 0.0516 e. The first-order valence-corrected chi connectivity index (χ1v) is 2.52. The van der Waals surface area contributed by atoms with Crippen molar-refractivity contribution in [1.82, 2.24) is 0 Å². The molecule has 4 N–H and O–H groups in total. The SMILES string of the molecule is C=N/C=C(N)\C=C(/C)N. The van der Waals surface area contributed by atoms with Crippen molar-refractivity contribution < 1.29 is 0 Å². The summed E-state index contributed by atoms with van der Waals surface area (Å²) in [4.78, 5) is 3.45. The molecule has 3 heteroatoms. The molecule has 0 aromatic carbocycles. The van der Waals surface area contributed by atoms with Gasteiger partial charge >= 0.3 is 0 Å². The van der Waals surface area contributed by atoms with Crippen LogP contribution in [0.3, 0.4) is 0 Å². The molecule has 9 heavy (non-hydrogen) atoms. The molecule has 0 fully saturated rings. The van der Waals surface area contributed by atoms with E-state index in [1.54, 1.807) is 13.0 Å². The van der Waals surface area contributed by atoms with Gasteiger partial charge in [0, 0.05) is 11.9 Å². The van der Waals surface area contributed by atoms with Gasteiger partial charge in [0.2, 0.25) is 0 Å². The lowest BCUT2D eigenvalue weighted by Gasteiger charge is -1.89. The van der Waals surface area contributed by atoms with Crippen LogP contribution in [0.5, 0.6) is 0 Å². The molecule has 0 amide bonds.